The first kappa shape index (κ1) is 16.7. The maximum absolute atomic E-state index is 6.69. The van der Waals surface area contributed by atoms with Crippen molar-refractivity contribution in [3.63, 3.8) is 0 Å². The van der Waals surface area contributed by atoms with Gasteiger partial charge < -0.3 is 5.40 Å². The van der Waals surface area contributed by atoms with Crippen LogP contribution < -0.4 is 5.40 Å². The summed E-state index contributed by atoms with van der Waals surface area (Å²) in [6, 6.07) is 19.6. The predicted molar refractivity (Wildman–Crippen MR) is 105 cm³/mol. The first-order chi connectivity index (χ1) is 10.5. The van der Waals surface area contributed by atoms with E-state index >= 15 is 0 Å². The monoisotopic (exact) mass is 323 g/mol. The molecule has 0 aliphatic rings. The molecule has 0 aliphatic heterocycles. The standard InChI is InChI=1S/C19H25NSi2/c1-4-16-6-10-18(11-7-16)14-21-22(3,20)15-19-12-8-17(5-2)9-13-19/h4-13H,1-2,14-15,20-21H2,3H3. The van der Waals surface area contributed by atoms with Crippen LogP contribution in [0.25, 0.3) is 12.2 Å². The van der Waals surface area contributed by atoms with Crippen molar-refractivity contribution in [1.29, 1.82) is 0 Å². The lowest BCUT2D eigenvalue weighted by atomic mass is 10.1. The summed E-state index contributed by atoms with van der Waals surface area (Å²) < 4.78 is 0. The second kappa shape index (κ2) is 7.54. The fourth-order valence-electron chi connectivity index (χ4n) is 2.58. The summed E-state index contributed by atoms with van der Waals surface area (Å²) in [5.74, 6) is 0. The van der Waals surface area contributed by atoms with Crippen molar-refractivity contribution in [3.8, 4) is 0 Å². The molecule has 0 saturated carbocycles. The molecule has 1 atom stereocenters. The minimum absolute atomic E-state index is 0.266. The van der Waals surface area contributed by atoms with E-state index in [4.69, 9.17) is 5.40 Å². The normalized spacial score (nSPS) is 13.9. The van der Waals surface area contributed by atoms with E-state index in [9.17, 15) is 0 Å². The lowest BCUT2D eigenvalue weighted by Gasteiger charge is -2.22. The Morgan fingerprint density at radius 1 is 0.909 bits per heavy atom. The number of benzene rings is 2. The Bertz CT molecular complexity index is 627. The van der Waals surface area contributed by atoms with E-state index in [0.717, 1.165) is 6.04 Å². The summed E-state index contributed by atoms with van der Waals surface area (Å²) in [7, 11) is -1.85. The molecule has 0 fully saturated rings. The zero-order chi connectivity index (χ0) is 16.0. The zero-order valence-electron chi connectivity index (χ0n) is 13.4. The van der Waals surface area contributed by atoms with Crippen LogP contribution in [0.2, 0.25) is 6.55 Å². The highest BCUT2D eigenvalue weighted by atomic mass is 29.2. The predicted octanol–water partition coefficient (Wildman–Crippen LogP) is 3.45. The van der Waals surface area contributed by atoms with E-state index in [1.165, 1.54) is 28.3 Å². The van der Waals surface area contributed by atoms with Gasteiger partial charge in [-0.2, -0.15) is 0 Å². The van der Waals surface area contributed by atoms with Gasteiger partial charge in [0.25, 0.3) is 0 Å². The Kier molecular flexibility index (Phi) is 5.72. The number of nitrogens with two attached hydrogens (primary N) is 1. The molecule has 0 amide bonds. The molecule has 0 aromatic heterocycles. The lowest BCUT2D eigenvalue weighted by Crippen LogP contribution is -2.52. The van der Waals surface area contributed by atoms with Crippen molar-refractivity contribution >= 4 is 28.9 Å². The molecule has 2 N–H and O–H groups in total. The Hall–Kier alpha value is -1.69. The molecule has 2 aromatic rings. The summed E-state index contributed by atoms with van der Waals surface area (Å²) >= 11 is 0. The van der Waals surface area contributed by atoms with Gasteiger partial charge in [0.15, 0.2) is 0 Å². The topological polar surface area (TPSA) is 26.0 Å². The van der Waals surface area contributed by atoms with Crippen LogP contribution in [-0.4, -0.2) is 16.8 Å². The molecular weight excluding hydrogens is 298 g/mol. The van der Waals surface area contributed by atoms with Crippen molar-refractivity contribution < 1.29 is 0 Å². The average molecular weight is 324 g/mol. The molecule has 114 valence electrons. The van der Waals surface area contributed by atoms with Gasteiger partial charge in [-0.1, -0.05) is 86.0 Å². The van der Waals surface area contributed by atoms with Crippen LogP contribution in [-0.2, 0) is 12.1 Å². The summed E-state index contributed by atoms with van der Waals surface area (Å²) in [6.45, 7) is 9.92. The van der Waals surface area contributed by atoms with Gasteiger partial charge in [0.2, 0.25) is 0 Å². The Morgan fingerprint density at radius 3 is 1.82 bits per heavy atom. The van der Waals surface area contributed by atoms with Crippen molar-refractivity contribution in [2.24, 2.45) is 5.40 Å². The molecule has 3 heteroatoms. The third kappa shape index (κ3) is 4.95. The van der Waals surface area contributed by atoms with Crippen LogP contribution >= 0.6 is 0 Å². The molecule has 1 unspecified atom stereocenters. The van der Waals surface area contributed by atoms with Crippen LogP contribution in [0.1, 0.15) is 22.3 Å². The van der Waals surface area contributed by atoms with Crippen molar-refractivity contribution in [1.82, 2.24) is 0 Å². The molecule has 0 saturated heterocycles. The second-order valence-corrected chi connectivity index (χ2v) is 17.2. The average Bonchev–Trinajstić information content (AvgIpc) is 2.54. The fraction of sp³-hybridized carbons (Fsp3) is 0.158. The van der Waals surface area contributed by atoms with E-state index in [0.29, 0.717) is 0 Å². The highest BCUT2D eigenvalue weighted by Gasteiger charge is 2.22. The molecule has 2 aromatic carbocycles. The van der Waals surface area contributed by atoms with Crippen LogP contribution in [0.15, 0.2) is 61.7 Å². The zero-order valence-corrected chi connectivity index (χ0v) is 15.8. The molecule has 0 aliphatic carbocycles. The molecule has 1 nitrogen and oxygen atoms in total. The van der Waals surface area contributed by atoms with Gasteiger partial charge >= 0.3 is 0 Å². The molecule has 0 bridgehead atoms. The highest BCUT2D eigenvalue weighted by Crippen LogP contribution is 2.12. The summed E-state index contributed by atoms with van der Waals surface area (Å²) in [6.07, 6.45) is 3.76. The summed E-state index contributed by atoms with van der Waals surface area (Å²) in [5.41, 5.74) is 5.14. The molecule has 0 radical (unpaired) electrons. The van der Waals surface area contributed by atoms with Crippen LogP contribution in [0.4, 0.5) is 0 Å². The van der Waals surface area contributed by atoms with Gasteiger partial charge in [0, 0.05) is 9.04 Å². The van der Waals surface area contributed by atoms with Crippen LogP contribution in [0, 0.1) is 0 Å². The van der Waals surface area contributed by atoms with E-state index in [1.54, 1.807) is 0 Å². The van der Waals surface area contributed by atoms with E-state index < -0.39 is 7.75 Å². The molecule has 0 spiro atoms. The van der Waals surface area contributed by atoms with Crippen LogP contribution in [0.3, 0.4) is 0 Å². The van der Waals surface area contributed by atoms with Gasteiger partial charge in [-0.25, -0.2) is 0 Å². The van der Waals surface area contributed by atoms with E-state index in [1.807, 2.05) is 12.2 Å². The Labute approximate surface area is 137 Å². The third-order valence-electron chi connectivity index (χ3n) is 4.02. The minimum Gasteiger partial charge on any atom is -0.353 e. The van der Waals surface area contributed by atoms with Gasteiger partial charge in [0.1, 0.15) is 7.75 Å². The van der Waals surface area contributed by atoms with Crippen LogP contribution in [0.5, 0.6) is 0 Å². The highest BCUT2D eigenvalue weighted by molar-refractivity contribution is 7.22. The fourth-order valence-corrected chi connectivity index (χ4v) is 9.09. The maximum atomic E-state index is 6.69. The summed E-state index contributed by atoms with van der Waals surface area (Å²) in [5, 5.41) is 6.69. The van der Waals surface area contributed by atoms with E-state index in [-0.39, 0.29) is 9.04 Å². The van der Waals surface area contributed by atoms with Gasteiger partial charge in [-0.15, -0.1) is 0 Å². The number of rotatable bonds is 7. The second-order valence-electron chi connectivity index (χ2n) is 6.22. The van der Waals surface area contributed by atoms with Crippen molar-refractivity contribution in [2.75, 3.05) is 0 Å². The lowest BCUT2D eigenvalue weighted by molar-refractivity contribution is 1.30. The third-order valence-corrected chi connectivity index (χ3v) is 12.1. The molecule has 2 rings (SSSR count). The number of hydrogen-bond acceptors (Lipinski definition) is 1. The quantitative estimate of drug-likeness (QED) is 0.776. The SMILES string of the molecule is C=Cc1ccc(C[SiH2][Si](C)(N)Cc2ccc(C=C)cc2)cc1. The Morgan fingerprint density at radius 2 is 1.36 bits per heavy atom. The minimum atomic E-state index is -1.58. The number of hydrogen-bond donors (Lipinski definition) is 1. The Balaban J connectivity index is 1.94. The maximum Gasteiger partial charge on any atom is 0.107 e. The van der Waals surface area contributed by atoms with Crippen molar-refractivity contribution in [3.05, 3.63) is 83.9 Å². The molecule has 22 heavy (non-hydrogen) atoms. The van der Waals surface area contributed by atoms with Crippen molar-refractivity contribution in [2.45, 2.75) is 18.6 Å². The van der Waals surface area contributed by atoms with Gasteiger partial charge in [0.05, 0.1) is 0 Å². The van der Waals surface area contributed by atoms with Gasteiger partial charge in [-0.05, 0) is 28.8 Å². The summed E-state index contributed by atoms with van der Waals surface area (Å²) in [4.78, 5) is 0. The molecule has 0 heterocycles. The first-order valence-electron chi connectivity index (χ1n) is 7.74. The largest absolute Gasteiger partial charge is 0.353 e. The molecular formula is C19H25NSi2. The first-order valence-corrected chi connectivity index (χ1v) is 13.9. The van der Waals surface area contributed by atoms with Gasteiger partial charge in [-0.3, -0.25) is 0 Å². The van der Waals surface area contributed by atoms with E-state index in [2.05, 4.69) is 68.2 Å². The smallest absolute Gasteiger partial charge is 0.107 e.